The predicted molar refractivity (Wildman–Crippen MR) is 39.0 cm³/mol. The van der Waals surface area contributed by atoms with Crippen LogP contribution in [-0.4, -0.2) is 13.1 Å². The lowest BCUT2D eigenvalue weighted by molar-refractivity contribution is 0.321. The first-order chi connectivity index (χ1) is 4.27. The van der Waals surface area contributed by atoms with Crippen molar-refractivity contribution in [2.75, 3.05) is 13.1 Å². The number of piperidine rings is 1. The molecule has 1 N–H and O–H groups in total. The number of nitrogens with one attached hydrogen (secondary N) is 1. The quantitative estimate of drug-likeness (QED) is 0.474. The van der Waals surface area contributed by atoms with Gasteiger partial charge in [-0.05, 0) is 26.3 Å². The third-order valence-corrected chi connectivity index (χ3v) is 1.95. The highest BCUT2D eigenvalue weighted by atomic mass is 14.9. The molecule has 0 bridgehead atoms. The number of rotatable bonds is 0. The molecule has 9 heavy (non-hydrogen) atoms. The van der Waals surface area contributed by atoms with E-state index in [2.05, 4.69) is 18.2 Å². The van der Waals surface area contributed by atoms with E-state index < -0.39 is 0 Å². The zero-order valence-electron chi connectivity index (χ0n) is 5.91. The third-order valence-electron chi connectivity index (χ3n) is 1.95. The van der Waals surface area contributed by atoms with Gasteiger partial charge in [-0.1, -0.05) is 5.92 Å². The molecule has 0 spiro atoms. The Hall–Kier alpha value is -0.480. The van der Waals surface area contributed by atoms with E-state index in [0.717, 1.165) is 13.1 Å². The normalized spacial score (nSPS) is 35.6. The molecule has 50 valence electrons. The molecule has 1 heteroatoms. The highest BCUT2D eigenvalue weighted by molar-refractivity contribution is 5.05. The summed E-state index contributed by atoms with van der Waals surface area (Å²) in [7, 11) is 0. The van der Waals surface area contributed by atoms with Crippen LogP contribution in [0.25, 0.3) is 0 Å². The second-order valence-corrected chi connectivity index (χ2v) is 2.99. The van der Waals surface area contributed by atoms with Crippen LogP contribution in [0.3, 0.4) is 0 Å². The summed E-state index contributed by atoms with van der Waals surface area (Å²) in [4.78, 5) is 0. The van der Waals surface area contributed by atoms with E-state index in [1.165, 1.54) is 12.8 Å². The van der Waals surface area contributed by atoms with E-state index >= 15 is 0 Å². The van der Waals surface area contributed by atoms with Crippen molar-refractivity contribution < 1.29 is 0 Å². The van der Waals surface area contributed by atoms with Gasteiger partial charge in [-0.25, -0.2) is 0 Å². The van der Waals surface area contributed by atoms with Gasteiger partial charge in [-0.2, -0.15) is 0 Å². The van der Waals surface area contributed by atoms with Crippen molar-refractivity contribution in [3.63, 3.8) is 0 Å². The van der Waals surface area contributed by atoms with Gasteiger partial charge < -0.3 is 5.32 Å². The Morgan fingerprint density at radius 2 is 2.44 bits per heavy atom. The summed E-state index contributed by atoms with van der Waals surface area (Å²) in [6.45, 7) is 4.26. The van der Waals surface area contributed by atoms with Gasteiger partial charge >= 0.3 is 0 Å². The van der Waals surface area contributed by atoms with Crippen LogP contribution in [0.5, 0.6) is 0 Å². The summed E-state index contributed by atoms with van der Waals surface area (Å²) in [5.74, 6) is 2.82. The lowest BCUT2D eigenvalue weighted by atomic mass is 9.84. The van der Waals surface area contributed by atoms with Crippen molar-refractivity contribution in [2.24, 2.45) is 5.41 Å². The molecule has 1 unspecified atom stereocenters. The Balaban J connectivity index is 2.49. The molecule has 1 fully saturated rings. The molecule has 0 aromatic rings. The molecular formula is C8H13N. The van der Waals surface area contributed by atoms with Crippen molar-refractivity contribution in [3.05, 3.63) is 0 Å². The fourth-order valence-electron chi connectivity index (χ4n) is 1.18. The maximum atomic E-state index is 5.35. The highest BCUT2D eigenvalue weighted by Crippen LogP contribution is 2.23. The number of terminal acetylenes is 1. The minimum Gasteiger partial charge on any atom is -0.315 e. The van der Waals surface area contributed by atoms with E-state index in [1.54, 1.807) is 0 Å². The average Bonchev–Trinajstić information content (AvgIpc) is 1.90. The molecule has 1 aliphatic rings. The Labute approximate surface area is 56.8 Å². The largest absolute Gasteiger partial charge is 0.315 e. The van der Waals surface area contributed by atoms with E-state index in [1.807, 2.05) is 0 Å². The molecule has 1 atom stereocenters. The molecular weight excluding hydrogens is 110 g/mol. The number of hydrogen-bond donors (Lipinski definition) is 1. The van der Waals surface area contributed by atoms with Crippen LogP contribution in [0.4, 0.5) is 0 Å². The Morgan fingerprint density at radius 3 is 2.78 bits per heavy atom. The summed E-state index contributed by atoms with van der Waals surface area (Å²) in [5, 5.41) is 3.28. The molecule has 0 aromatic heterocycles. The summed E-state index contributed by atoms with van der Waals surface area (Å²) in [6.07, 6.45) is 7.75. The van der Waals surface area contributed by atoms with Crippen LogP contribution in [0.1, 0.15) is 19.8 Å². The van der Waals surface area contributed by atoms with E-state index in [-0.39, 0.29) is 5.41 Å². The van der Waals surface area contributed by atoms with Crippen LogP contribution < -0.4 is 5.32 Å². The minimum atomic E-state index is 0.137. The standard InChI is InChI=1S/C8H13N/c1-3-8(2)5-4-6-9-7-8/h1,9H,4-7H2,2H3. The van der Waals surface area contributed by atoms with Gasteiger partial charge in [0.05, 0.1) is 0 Å². The van der Waals surface area contributed by atoms with Gasteiger partial charge in [-0.15, -0.1) is 6.42 Å². The maximum absolute atomic E-state index is 5.35. The van der Waals surface area contributed by atoms with E-state index in [0.29, 0.717) is 0 Å². The van der Waals surface area contributed by atoms with Gasteiger partial charge in [0, 0.05) is 12.0 Å². The lowest BCUT2D eigenvalue weighted by Crippen LogP contribution is -2.36. The maximum Gasteiger partial charge on any atom is 0.0408 e. The van der Waals surface area contributed by atoms with E-state index in [9.17, 15) is 0 Å². The van der Waals surface area contributed by atoms with Crippen LogP contribution in [0.2, 0.25) is 0 Å². The Kier molecular flexibility index (Phi) is 1.78. The van der Waals surface area contributed by atoms with Crippen molar-refractivity contribution in [1.29, 1.82) is 0 Å². The minimum absolute atomic E-state index is 0.137. The molecule has 0 aromatic carbocycles. The molecule has 1 nitrogen and oxygen atoms in total. The molecule has 1 rings (SSSR count). The number of hydrogen-bond acceptors (Lipinski definition) is 1. The van der Waals surface area contributed by atoms with Crippen molar-refractivity contribution in [2.45, 2.75) is 19.8 Å². The second kappa shape index (κ2) is 2.41. The van der Waals surface area contributed by atoms with Crippen LogP contribution in [0.15, 0.2) is 0 Å². The topological polar surface area (TPSA) is 12.0 Å². The molecule has 0 saturated carbocycles. The summed E-state index contributed by atoms with van der Waals surface area (Å²) in [6, 6.07) is 0. The molecule has 1 aliphatic heterocycles. The van der Waals surface area contributed by atoms with Crippen molar-refractivity contribution >= 4 is 0 Å². The van der Waals surface area contributed by atoms with Crippen LogP contribution in [0, 0.1) is 17.8 Å². The lowest BCUT2D eigenvalue weighted by Gasteiger charge is -2.28. The third kappa shape index (κ3) is 1.46. The van der Waals surface area contributed by atoms with Crippen molar-refractivity contribution in [3.8, 4) is 12.3 Å². The highest BCUT2D eigenvalue weighted by Gasteiger charge is 2.23. The first-order valence-electron chi connectivity index (χ1n) is 3.45. The Morgan fingerprint density at radius 1 is 1.67 bits per heavy atom. The summed E-state index contributed by atoms with van der Waals surface area (Å²) in [5.41, 5.74) is 0.137. The zero-order valence-corrected chi connectivity index (χ0v) is 5.91. The van der Waals surface area contributed by atoms with Gasteiger partial charge in [-0.3, -0.25) is 0 Å². The molecule has 1 saturated heterocycles. The molecule has 0 radical (unpaired) electrons. The Bertz CT molecular complexity index is 126. The molecule has 0 amide bonds. The van der Waals surface area contributed by atoms with Gasteiger partial charge in [0.2, 0.25) is 0 Å². The van der Waals surface area contributed by atoms with E-state index in [4.69, 9.17) is 6.42 Å². The molecule has 0 aliphatic carbocycles. The van der Waals surface area contributed by atoms with Crippen molar-refractivity contribution in [1.82, 2.24) is 5.32 Å². The van der Waals surface area contributed by atoms with Crippen LogP contribution >= 0.6 is 0 Å². The predicted octanol–water partition coefficient (Wildman–Crippen LogP) is 1.01. The van der Waals surface area contributed by atoms with Gasteiger partial charge in [0.15, 0.2) is 0 Å². The van der Waals surface area contributed by atoms with Gasteiger partial charge in [0.25, 0.3) is 0 Å². The fraction of sp³-hybridized carbons (Fsp3) is 0.750. The summed E-state index contributed by atoms with van der Waals surface area (Å²) < 4.78 is 0. The average molecular weight is 123 g/mol. The smallest absolute Gasteiger partial charge is 0.0408 e. The SMILES string of the molecule is C#CC1(C)CCCNC1. The monoisotopic (exact) mass is 123 g/mol. The molecule has 1 heterocycles. The van der Waals surface area contributed by atoms with Crippen LogP contribution in [-0.2, 0) is 0 Å². The summed E-state index contributed by atoms with van der Waals surface area (Å²) >= 11 is 0. The van der Waals surface area contributed by atoms with Gasteiger partial charge in [0.1, 0.15) is 0 Å². The first kappa shape index (κ1) is 6.64. The zero-order chi connectivity index (χ0) is 6.74. The fourth-order valence-corrected chi connectivity index (χ4v) is 1.18. The first-order valence-corrected chi connectivity index (χ1v) is 3.45. The second-order valence-electron chi connectivity index (χ2n) is 2.99.